The summed E-state index contributed by atoms with van der Waals surface area (Å²) < 4.78 is 11.2. The van der Waals surface area contributed by atoms with Crippen LogP contribution in [0.2, 0.25) is 0 Å². The van der Waals surface area contributed by atoms with E-state index in [-0.39, 0.29) is 18.0 Å². The summed E-state index contributed by atoms with van der Waals surface area (Å²) in [7, 11) is 0. The lowest BCUT2D eigenvalue weighted by Crippen LogP contribution is -2.21. The average molecular weight is 230 g/mol. The molecule has 1 rings (SSSR count). The van der Waals surface area contributed by atoms with Crippen LogP contribution >= 0.6 is 0 Å². The van der Waals surface area contributed by atoms with Crippen LogP contribution in [0.4, 0.5) is 0 Å². The minimum Gasteiger partial charge on any atom is -0.393 e. The first-order valence-electron chi connectivity index (χ1n) is 6.53. The van der Waals surface area contributed by atoms with Crippen LogP contribution in [0.5, 0.6) is 0 Å². The molecular weight excluding hydrogens is 204 g/mol. The molecule has 0 bridgehead atoms. The molecule has 16 heavy (non-hydrogen) atoms. The van der Waals surface area contributed by atoms with E-state index in [1.807, 2.05) is 20.8 Å². The zero-order chi connectivity index (χ0) is 12.0. The second-order valence-corrected chi connectivity index (χ2v) is 5.15. The third kappa shape index (κ3) is 5.28. The van der Waals surface area contributed by atoms with Gasteiger partial charge < -0.3 is 14.6 Å². The smallest absolute Gasteiger partial charge is 0.163 e. The number of unbranched alkanes of at least 4 members (excludes halogenated alkanes) is 2. The maximum atomic E-state index is 9.39. The third-order valence-corrected chi connectivity index (χ3v) is 3.10. The largest absolute Gasteiger partial charge is 0.393 e. The lowest BCUT2D eigenvalue weighted by molar-refractivity contribution is -0.139. The summed E-state index contributed by atoms with van der Waals surface area (Å²) in [6.07, 6.45) is 6.50. The zero-order valence-electron chi connectivity index (χ0n) is 10.9. The van der Waals surface area contributed by atoms with Crippen LogP contribution in [0.3, 0.4) is 0 Å². The molecule has 96 valence electrons. The van der Waals surface area contributed by atoms with E-state index in [9.17, 15) is 5.11 Å². The van der Waals surface area contributed by atoms with Gasteiger partial charge in [-0.1, -0.05) is 26.2 Å². The van der Waals surface area contributed by atoms with Crippen LogP contribution in [0.25, 0.3) is 0 Å². The van der Waals surface area contributed by atoms with Gasteiger partial charge in [-0.25, -0.2) is 0 Å². The summed E-state index contributed by atoms with van der Waals surface area (Å²) in [5, 5.41) is 9.39. The zero-order valence-corrected chi connectivity index (χ0v) is 10.9. The first-order valence-corrected chi connectivity index (χ1v) is 6.53. The van der Waals surface area contributed by atoms with Crippen molar-refractivity contribution in [1.82, 2.24) is 0 Å². The fraction of sp³-hybridized carbons (Fsp3) is 1.00. The Hall–Kier alpha value is -0.120. The molecule has 0 unspecified atom stereocenters. The van der Waals surface area contributed by atoms with E-state index in [2.05, 4.69) is 0 Å². The number of aliphatic hydroxyl groups is 1. The van der Waals surface area contributed by atoms with Gasteiger partial charge in [0.15, 0.2) is 5.79 Å². The van der Waals surface area contributed by atoms with Crippen LogP contribution < -0.4 is 0 Å². The minimum atomic E-state index is -0.386. The number of ether oxygens (including phenoxy) is 2. The number of rotatable bonds is 7. The predicted octanol–water partition coefficient (Wildman–Crippen LogP) is 2.86. The lowest BCUT2D eigenvalue weighted by Gasteiger charge is -2.17. The monoisotopic (exact) mass is 230 g/mol. The van der Waals surface area contributed by atoms with Crippen molar-refractivity contribution in [2.45, 2.75) is 77.3 Å². The van der Waals surface area contributed by atoms with Crippen molar-refractivity contribution < 1.29 is 14.6 Å². The predicted molar refractivity (Wildman–Crippen MR) is 64.3 cm³/mol. The van der Waals surface area contributed by atoms with Crippen molar-refractivity contribution in [3.8, 4) is 0 Å². The Kier molecular flexibility index (Phi) is 5.73. The van der Waals surface area contributed by atoms with Gasteiger partial charge in [0.2, 0.25) is 0 Å². The topological polar surface area (TPSA) is 38.7 Å². The number of aliphatic hydroxyl groups excluding tert-OH is 1. The molecule has 2 atom stereocenters. The van der Waals surface area contributed by atoms with Gasteiger partial charge in [-0.15, -0.1) is 0 Å². The van der Waals surface area contributed by atoms with Gasteiger partial charge in [-0.05, 0) is 33.1 Å². The highest BCUT2D eigenvalue weighted by molar-refractivity contribution is 4.70. The number of hydrogen-bond acceptors (Lipinski definition) is 3. The van der Waals surface area contributed by atoms with E-state index in [0.717, 1.165) is 32.3 Å². The Balaban J connectivity index is 1.96. The third-order valence-electron chi connectivity index (χ3n) is 3.10. The fourth-order valence-corrected chi connectivity index (χ4v) is 2.04. The van der Waals surface area contributed by atoms with E-state index in [1.165, 1.54) is 12.8 Å². The summed E-state index contributed by atoms with van der Waals surface area (Å²) in [6, 6.07) is 0. The molecule has 0 radical (unpaired) electrons. The standard InChI is InChI=1S/C13H26O3/c1-4-11(14)8-6-5-7-9-12-10-15-13(2,3)16-12/h11-12,14H,4-10H2,1-3H3/t11-,12-/m0/s1. The van der Waals surface area contributed by atoms with E-state index in [1.54, 1.807) is 0 Å². The van der Waals surface area contributed by atoms with Crippen LogP contribution in [-0.4, -0.2) is 29.7 Å². The molecule has 1 saturated heterocycles. The Morgan fingerprint density at radius 1 is 1.31 bits per heavy atom. The second-order valence-electron chi connectivity index (χ2n) is 5.15. The molecule has 1 heterocycles. The first-order chi connectivity index (χ1) is 7.53. The van der Waals surface area contributed by atoms with Gasteiger partial charge in [0, 0.05) is 0 Å². The number of hydrogen-bond donors (Lipinski definition) is 1. The van der Waals surface area contributed by atoms with Crippen molar-refractivity contribution in [3.05, 3.63) is 0 Å². The molecule has 0 amide bonds. The molecule has 3 heteroatoms. The average Bonchev–Trinajstić information content (AvgIpc) is 2.57. The molecule has 0 aromatic carbocycles. The highest BCUT2D eigenvalue weighted by Crippen LogP contribution is 2.25. The maximum Gasteiger partial charge on any atom is 0.163 e. The normalized spacial score (nSPS) is 25.9. The van der Waals surface area contributed by atoms with Gasteiger partial charge in [0.05, 0.1) is 18.8 Å². The summed E-state index contributed by atoms with van der Waals surface area (Å²) in [6.45, 7) is 6.68. The van der Waals surface area contributed by atoms with Crippen LogP contribution in [-0.2, 0) is 9.47 Å². The van der Waals surface area contributed by atoms with E-state index >= 15 is 0 Å². The fourth-order valence-electron chi connectivity index (χ4n) is 2.04. The summed E-state index contributed by atoms with van der Waals surface area (Å²) in [5.74, 6) is -0.386. The van der Waals surface area contributed by atoms with Crippen LogP contribution in [0.1, 0.15) is 59.3 Å². The summed E-state index contributed by atoms with van der Waals surface area (Å²) >= 11 is 0. The Morgan fingerprint density at radius 3 is 2.62 bits per heavy atom. The molecule has 1 aliphatic rings. The quantitative estimate of drug-likeness (QED) is 0.683. The van der Waals surface area contributed by atoms with Gasteiger partial charge >= 0.3 is 0 Å². The molecule has 1 N–H and O–H groups in total. The van der Waals surface area contributed by atoms with Crippen molar-refractivity contribution in [3.63, 3.8) is 0 Å². The first kappa shape index (κ1) is 13.9. The SMILES string of the molecule is CC[C@H](O)CCCCC[C@H]1COC(C)(C)O1. The highest BCUT2D eigenvalue weighted by Gasteiger charge is 2.31. The molecule has 0 aromatic heterocycles. The summed E-state index contributed by atoms with van der Waals surface area (Å²) in [5.41, 5.74) is 0. The minimum absolute atomic E-state index is 0.106. The Bertz CT molecular complexity index is 192. The Morgan fingerprint density at radius 2 is 2.06 bits per heavy atom. The maximum absolute atomic E-state index is 9.39. The molecular formula is C13H26O3. The van der Waals surface area contributed by atoms with Crippen molar-refractivity contribution in [2.75, 3.05) is 6.61 Å². The van der Waals surface area contributed by atoms with Crippen LogP contribution in [0, 0.1) is 0 Å². The van der Waals surface area contributed by atoms with Gasteiger partial charge in [-0.2, -0.15) is 0 Å². The molecule has 0 spiro atoms. The van der Waals surface area contributed by atoms with Crippen molar-refractivity contribution >= 4 is 0 Å². The molecule has 3 nitrogen and oxygen atoms in total. The molecule has 0 aliphatic carbocycles. The van der Waals surface area contributed by atoms with Crippen molar-refractivity contribution in [2.24, 2.45) is 0 Å². The molecule has 1 aliphatic heterocycles. The van der Waals surface area contributed by atoms with Gasteiger partial charge in [-0.3, -0.25) is 0 Å². The second kappa shape index (κ2) is 6.58. The van der Waals surface area contributed by atoms with Crippen LogP contribution in [0.15, 0.2) is 0 Å². The van der Waals surface area contributed by atoms with E-state index in [0.29, 0.717) is 0 Å². The van der Waals surface area contributed by atoms with Crippen molar-refractivity contribution in [1.29, 1.82) is 0 Å². The highest BCUT2D eigenvalue weighted by atomic mass is 16.7. The van der Waals surface area contributed by atoms with Gasteiger partial charge in [0.1, 0.15) is 0 Å². The van der Waals surface area contributed by atoms with Gasteiger partial charge in [0.25, 0.3) is 0 Å². The summed E-state index contributed by atoms with van der Waals surface area (Å²) in [4.78, 5) is 0. The van der Waals surface area contributed by atoms with E-state index in [4.69, 9.17) is 9.47 Å². The van der Waals surface area contributed by atoms with E-state index < -0.39 is 0 Å². The Labute approximate surface area is 99.1 Å². The molecule has 1 fully saturated rings. The molecule has 0 saturated carbocycles. The lowest BCUT2D eigenvalue weighted by atomic mass is 10.1. The molecule has 0 aromatic rings.